The second-order valence-corrected chi connectivity index (χ2v) is 12.2. The fraction of sp³-hybridized carbons (Fsp3) is 0.576. The van der Waals surface area contributed by atoms with Gasteiger partial charge in [-0.25, -0.2) is 9.24 Å². The van der Waals surface area contributed by atoms with Gasteiger partial charge < -0.3 is 15.3 Å². The Morgan fingerprint density at radius 3 is 2.54 bits per heavy atom. The minimum absolute atomic E-state index is 0.0993. The molecular weight excluding hydrogens is 489 g/mol. The van der Waals surface area contributed by atoms with Gasteiger partial charge in [0.15, 0.2) is 0 Å². The number of rotatable bonds is 12. The van der Waals surface area contributed by atoms with Crippen LogP contribution in [0.3, 0.4) is 0 Å². The third-order valence-electron chi connectivity index (χ3n) is 8.77. The van der Waals surface area contributed by atoms with E-state index in [0.29, 0.717) is 30.1 Å². The first-order chi connectivity index (χ1) is 18.8. The molecule has 2 N–H and O–H groups in total. The van der Waals surface area contributed by atoms with E-state index in [1.807, 2.05) is 6.07 Å². The van der Waals surface area contributed by atoms with Crippen molar-refractivity contribution < 1.29 is 14.3 Å². The summed E-state index contributed by atoms with van der Waals surface area (Å²) in [5.74, 6) is 0.869. The Morgan fingerprint density at radius 2 is 1.90 bits per heavy atom. The summed E-state index contributed by atoms with van der Waals surface area (Å²) in [6.07, 6.45) is 8.13. The first kappa shape index (κ1) is 29.2. The molecule has 1 aliphatic heterocycles. The highest BCUT2D eigenvalue weighted by atomic mass is 19.1. The third kappa shape index (κ3) is 8.37. The molecular formula is C33H44FN3O2. The Balaban J connectivity index is 1.28. The van der Waals surface area contributed by atoms with Crippen molar-refractivity contribution in [3.05, 3.63) is 76.9 Å². The van der Waals surface area contributed by atoms with Crippen LogP contribution in [0.2, 0.25) is 0 Å². The van der Waals surface area contributed by atoms with Crippen LogP contribution in [0.25, 0.3) is 4.85 Å². The number of nitrogens with one attached hydrogen (secondary N) is 1. The number of carboxylic acid groups (broad SMARTS) is 1. The first-order valence-electron chi connectivity index (χ1n) is 14.7. The van der Waals surface area contributed by atoms with Gasteiger partial charge in [0.25, 0.3) is 0 Å². The van der Waals surface area contributed by atoms with E-state index < -0.39 is 17.8 Å². The summed E-state index contributed by atoms with van der Waals surface area (Å²) < 4.78 is 13.9. The van der Waals surface area contributed by atoms with Crippen LogP contribution >= 0.6 is 0 Å². The van der Waals surface area contributed by atoms with Crippen LogP contribution in [0.15, 0.2) is 48.5 Å². The summed E-state index contributed by atoms with van der Waals surface area (Å²) in [6, 6.07) is 15.5. The topological polar surface area (TPSA) is 56.9 Å². The average Bonchev–Trinajstić information content (AvgIpc) is 3.31. The highest BCUT2D eigenvalue weighted by Gasteiger charge is 2.38. The number of likely N-dealkylation sites (tertiary alicyclic amines) is 1. The number of hydrogen-bond acceptors (Lipinski definition) is 3. The molecule has 5 nitrogen and oxygen atoms in total. The number of aryl methyl sites for hydroxylation is 1. The molecule has 2 fully saturated rings. The van der Waals surface area contributed by atoms with Crippen molar-refractivity contribution in [1.82, 2.24) is 10.2 Å². The smallest absolute Gasteiger partial charge is 0.320 e. The van der Waals surface area contributed by atoms with Crippen molar-refractivity contribution in [1.29, 1.82) is 0 Å². The van der Waals surface area contributed by atoms with Gasteiger partial charge in [-0.1, -0.05) is 62.7 Å². The van der Waals surface area contributed by atoms with Crippen LogP contribution in [-0.2, 0) is 11.2 Å². The van der Waals surface area contributed by atoms with Crippen molar-refractivity contribution in [3.8, 4) is 0 Å². The second-order valence-electron chi connectivity index (χ2n) is 12.2. The van der Waals surface area contributed by atoms with E-state index in [9.17, 15) is 14.3 Å². The van der Waals surface area contributed by atoms with Crippen LogP contribution in [0.1, 0.15) is 75.8 Å². The monoisotopic (exact) mass is 533 g/mol. The van der Waals surface area contributed by atoms with Gasteiger partial charge in [-0.2, -0.15) is 0 Å². The lowest BCUT2D eigenvalue weighted by atomic mass is 9.87. The Bertz CT molecular complexity index is 1110. The van der Waals surface area contributed by atoms with E-state index in [0.717, 1.165) is 57.3 Å². The van der Waals surface area contributed by atoms with Gasteiger partial charge in [0.1, 0.15) is 11.9 Å². The molecule has 1 aliphatic carbocycles. The normalized spacial score (nSPS) is 23.1. The van der Waals surface area contributed by atoms with E-state index in [1.165, 1.54) is 24.5 Å². The van der Waals surface area contributed by atoms with Crippen LogP contribution in [-0.4, -0.2) is 47.7 Å². The van der Waals surface area contributed by atoms with Gasteiger partial charge in [0, 0.05) is 12.6 Å². The molecule has 1 saturated heterocycles. The summed E-state index contributed by atoms with van der Waals surface area (Å²) in [5, 5.41) is 13.3. The van der Waals surface area contributed by atoms with Crippen LogP contribution in [0.4, 0.5) is 10.1 Å². The molecule has 6 heteroatoms. The number of carboxylic acids is 1. The van der Waals surface area contributed by atoms with E-state index in [4.69, 9.17) is 6.57 Å². The fourth-order valence-corrected chi connectivity index (χ4v) is 6.75. The quantitative estimate of drug-likeness (QED) is 0.287. The second kappa shape index (κ2) is 14.1. The molecule has 1 saturated carbocycles. The third-order valence-corrected chi connectivity index (χ3v) is 8.77. The SMILES string of the molecule is [C-]#[N+]c1ccc(CCCC2CCN(CC3CC(NC(CC(C)C)C(=O)O)CC3c3ccccc3)CC2)cc1F. The number of hydrogen-bond donors (Lipinski definition) is 2. The van der Waals surface area contributed by atoms with Crippen LogP contribution in [0, 0.1) is 30.1 Å². The molecule has 2 aromatic carbocycles. The van der Waals surface area contributed by atoms with Gasteiger partial charge in [-0.3, -0.25) is 4.79 Å². The van der Waals surface area contributed by atoms with Gasteiger partial charge >= 0.3 is 5.97 Å². The van der Waals surface area contributed by atoms with E-state index in [1.54, 1.807) is 6.07 Å². The zero-order chi connectivity index (χ0) is 27.8. The predicted molar refractivity (Wildman–Crippen MR) is 154 cm³/mol. The highest BCUT2D eigenvalue weighted by Crippen LogP contribution is 2.41. The molecule has 1 heterocycles. The number of benzene rings is 2. The van der Waals surface area contributed by atoms with Gasteiger partial charge in [0.05, 0.1) is 6.57 Å². The van der Waals surface area contributed by atoms with Crippen LogP contribution in [0.5, 0.6) is 0 Å². The Hall–Kier alpha value is -2.75. The molecule has 210 valence electrons. The standard InChI is InChI=1S/C33H44FN3O2/c1-23(2)18-32(33(38)39)36-28-20-27(29(21-28)26-10-5-4-6-11-26)22-37-16-14-24(15-17-37)8-7-9-25-12-13-31(35-3)30(34)19-25/h4-6,10-13,19,23-24,27-29,32,36H,7-9,14-18,20-22H2,1-2H3,(H,38,39). The van der Waals surface area contributed by atoms with Crippen LogP contribution < -0.4 is 5.32 Å². The Kier molecular flexibility index (Phi) is 10.5. The molecule has 4 unspecified atom stereocenters. The molecule has 0 spiro atoms. The Labute approximate surface area is 233 Å². The van der Waals surface area contributed by atoms with Crippen molar-refractivity contribution in [2.24, 2.45) is 17.8 Å². The molecule has 39 heavy (non-hydrogen) atoms. The fourth-order valence-electron chi connectivity index (χ4n) is 6.75. The largest absolute Gasteiger partial charge is 0.480 e. The molecule has 0 bridgehead atoms. The minimum atomic E-state index is -0.740. The van der Waals surface area contributed by atoms with Crippen molar-refractivity contribution >= 4 is 11.7 Å². The van der Waals surface area contributed by atoms with Crippen molar-refractivity contribution in [2.75, 3.05) is 19.6 Å². The van der Waals surface area contributed by atoms with E-state index in [2.05, 4.69) is 59.2 Å². The summed E-state index contributed by atoms with van der Waals surface area (Å²) in [4.78, 5) is 17.7. The van der Waals surface area contributed by atoms with Gasteiger partial charge in [-0.05, 0) is 98.9 Å². The maximum absolute atomic E-state index is 13.9. The van der Waals surface area contributed by atoms with Gasteiger partial charge in [0.2, 0.25) is 5.69 Å². The molecule has 4 atom stereocenters. The lowest BCUT2D eigenvalue weighted by molar-refractivity contribution is -0.140. The summed E-state index contributed by atoms with van der Waals surface area (Å²) >= 11 is 0. The van der Waals surface area contributed by atoms with Gasteiger partial charge in [-0.15, -0.1) is 0 Å². The molecule has 4 rings (SSSR count). The molecule has 0 aromatic heterocycles. The number of carbonyl (C=O) groups is 1. The summed E-state index contributed by atoms with van der Waals surface area (Å²) in [6.45, 7) is 14.5. The molecule has 2 aromatic rings. The lowest BCUT2D eigenvalue weighted by Gasteiger charge is -2.35. The lowest BCUT2D eigenvalue weighted by Crippen LogP contribution is -2.43. The van der Waals surface area contributed by atoms with E-state index in [-0.39, 0.29) is 11.7 Å². The van der Waals surface area contributed by atoms with Crippen molar-refractivity contribution in [2.45, 2.75) is 83.2 Å². The number of piperidine rings is 1. The average molecular weight is 534 g/mol. The minimum Gasteiger partial charge on any atom is -0.480 e. The van der Waals surface area contributed by atoms with E-state index >= 15 is 0 Å². The first-order valence-corrected chi connectivity index (χ1v) is 14.7. The zero-order valence-corrected chi connectivity index (χ0v) is 23.5. The number of halogens is 1. The molecule has 0 amide bonds. The zero-order valence-electron chi connectivity index (χ0n) is 23.5. The number of aliphatic carboxylic acids is 1. The summed E-state index contributed by atoms with van der Waals surface area (Å²) in [5.41, 5.74) is 2.45. The predicted octanol–water partition coefficient (Wildman–Crippen LogP) is 7.06. The summed E-state index contributed by atoms with van der Waals surface area (Å²) in [7, 11) is 0. The highest BCUT2D eigenvalue weighted by molar-refractivity contribution is 5.73. The van der Waals surface area contributed by atoms with Crippen molar-refractivity contribution in [3.63, 3.8) is 0 Å². The molecule has 0 radical (unpaired) electrons. The maximum Gasteiger partial charge on any atom is 0.320 e. The number of nitrogens with zero attached hydrogens (tertiary/aromatic N) is 2. The maximum atomic E-state index is 13.9. The molecule has 2 aliphatic rings. The Morgan fingerprint density at radius 1 is 1.15 bits per heavy atom.